The molecule has 0 saturated carbocycles. The van der Waals surface area contributed by atoms with Gasteiger partial charge in [0, 0.05) is 23.4 Å². The Hall–Kier alpha value is -3.34. The highest BCUT2D eigenvalue weighted by Gasteiger charge is 2.28. The Morgan fingerprint density at radius 1 is 1.04 bits per heavy atom. The van der Waals surface area contributed by atoms with Gasteiger partial charge in [0.05, 0.1) is 17.9 Å². The van der Waals surface area contributed by atoms with Gasteiger partial charge in [0.15, 0.2) is 0 Å². The lowest BCUT2D eigenvalue weighted by molar-refractivity contribution is -0.143. The molecule has 2 aromatic carbocycles. The smallest absolute Gasteiger partial charge is 0.305 e. The van der Waals surface area contributed by atoms with Crippen LogP contribution in [-0.2, 0) is 20.7 Å². The van der Waals surface area contributed by atoms with Crippen LogP contribution in [0.5, 0.6) is 0 Å². The monoisotopic (exact) mass is 374 g/mol. The number of para-hydroxylation sites is 1. The highest BCUT2D eigenvalue weighted by atomic mass is 16.5. The average molecular weight is 374 g/mol. The van der Waals surface area contributed by atoms with Crippen molar-refractivity contribution < 1.29 is 14.3 Å². The van der Waals surface area contributed by atoms with Gasteiger partial charge in [0.2, 0.25) is 0 Å². The molecule has 0 saturated heterocycles. The Kier molecular flexibility index (Phi) is 4.98. The van der Waals surface area contributed by atoms with E-state index in [0.717, 1.165) is 46.6 Å². The van der Waals surface area contributed by atoms with E-state index < -0.39 is 0 Å². The molecule has 4 rings (SSSR count). The van der Waals surface area contributed by atoms with Crippen molar-refractivity contribution in [1.29, 1.82) is 0 Å². The van der Waals surface area contributed by atoms with Crippen LogP contribution in [0.25, 0.3) is 11.6 Å². The number of aryl methyl sites for hydroxylation is 1. The van der Waals surface area contributed by atoms with Crippen molar-refractivity contribution in [2.24, 2.45) is 0 Å². The maximum Gasteiger partial charge on any atom is 0.305 e. The van der Waals surface area contributed by atoms with Crippen LogP contribution in [0, 0.1) is 0 Å². The number of ether oxygens (including phenoxy) is 1. The van der Waals surface area contributed by atoms with Gasteiger partial charge in [0.25, 0.3) is 5.91 Å². The molecule has 2 N–H and O–H groups in total. The van der Waals surface area contributed by atoms with Crippen LogP contribution in [0.4, 0.5) is 11.4 Å². The number of hydrogen-bond acceptors (Lipinski definition) is 4. The van der Waals surface area contributed by atoms with Gasteiger partial charge in [-0.1, -0.05) is 30.3 Å². The molecule has 0 fully saturated rings. The first-order valence-electron chi connectivity index (χ1n) is 9.54. The molecule has 0 atom stereocenters. The highest BCUT2D eigenvalue weighted by Crippen LogP contribution is 2.37. The number of allylic oxidation sites excluding steroid dienone is 1. The summed E-state index contributed by atoms with van der Waals surface area (Å²) in [6, 6.07) is 14.0. The van der Waals surface area contributed by atoms with Crippen LogP contribution >= 0.6 is 0 Å². The van der Waals surface area contributed by atoms with Crippen molar-refractivity contribution in [3.8, 4) is 0 Å². The quantitative estimate of drug-likeness (QED) is 0.602. The highest BCUT2D eigenvalue weighted by molar-refractivity contribution is 6.33. The number of nitrogens with one attached hydrogen (secondary N) is 2. The van der Waals surface area contributed by atoms with E-state index >= 15 is 0 Å². The van der Waals surface area contributed by atoms with Gasteiger partial charge in [-0.3, -0.25) is 9.59 Å². The lowest BCUT2D eigenvalue weighted by Gasteiger charge is -2.17. The molecule has 0 aromatic heterocycles. The molecule has 2 aliphatic heterocycles. The van der Waals surface area contributed by atoms with Gasteiger partial charge in [-0.15, -0.1) is 0 Å². The molecule has 2 heterocycles. The predicted octanol–water partition coefficient (Wildman–Crippen LogP) is 4.37. The third-order valence-electron chi connectivity index (χ3n) is 4.91. The number of fused-ring (bicyclic) bond motifs is 2. The first-order valence-corrected chi connectivity index (χ1v) is 9.54. The molecular weight excluding hydrogens is 352 g/mol. The van der Waals surface area contributed by atoms with Gasteiger partial charge >= 0.3 is 5.97 Å². The SMILES string of the molecule is CCOC(=O)CCCc1ccc2c(c1)/C(=C1\C=Cc3ccccc3N1)C(=O)N2. The van der Waals surface area contributed by atoms with Crippen LogP contribution in [0.3, 0.4) is 0 Å². The van der Waals surface area contributed by atoms with E-state index in [4.69, 9.17) is 4.74 Å². The molecule has 0 aliphatic carbocycles. The van der Waals surface area contributed by atoms with Crippen molar-refractivity contribution in [3.63, 3.8) is 0 Å². The van der Waals surface area contributed by atoms with Gasteiger partial charge in [-0.2, -0.15) is 0 Å². The average Bonchev–Trinajstić information content (AvgIpc) is 3.03. The van der Waals surface area contributed by atoms with Gasteiger partial charge in [-0.25, -0.2) is 0 Å². The molecule has 0 bridgehead atoms. The molecular formula is C23H22N2O3. The number of amides is 1. The minimum atomic E-state index is -0.168. The summed E-state index contributed by atoms with van der Waals surface area (Å²) in [4.78, 5) is 24.1. The normalized spacial score (nSPS) is 16.8. The molecule has 2 aromatic rings. The second-order valence-corrected chi connectivity index (χ2v) is 6.83. The van der Waals surface area contributed by atoms with E-state index in [2.05, 4.69) is 10.6 Å². The fraction of sp³-hybridized carbons (Fsp3) is 0.217. The summed E-state index contributed by atoms with van der Waals surface area (Å²) < 4.78 is 4.98. The third-order valence-corrected chi connectivity index (χ3v) is 4.91. The summed E-state index contributed by atoms with van der Waals surface area (Å²) in [6.45, 7) is 2.22. The Balaban J connectivity index is 1.58. The van der Waals surface area contributed by atoms with Crippen LogP contribution < -0.4 is 10.6 Å². The van der Waals surface area contributed by atoms with E-state index in [1.165, 1.54) is 0 Å². The number of hydrogen-bond donors (Lipinski definition) is 2. The van der Waals surface area contributed by atoms with Crippen molar-refractivity contribution in [3.05, 3.63) is 70.9 Å². The van der Waals surface area contributed by atoms with Crippen molar-refractivity contribution in [1.82, 2.24) is 0 Å². The molecule has 5 heteroatoms. The first kappa shape index (κ1) is 18.0. The summed E-state index contributed by atoms with van der Waals surface area (Å²) in [6.07, 6.45) is 5.84. The van der Waals surface area contributed by atoms with Crippen molar-refractivity contribution in [2.75, 3.05) is 17.2 Å². The number of rotatable bonds is 5. The van der Waals surface area contributed by atoms with E-state index in [1.807, 2.05) is 61.5 Å². The molecule has 0 radical (unpaired) electrons. The molecule has 1 amide bonds. The Labute approximate surface area is 164 Å². The number of benzene rings is 2. The Bertz CT molecular complexity index is 1000. The maximum atomic E-state index is 12.6. The number of esters is 1. The zero-order chi connectivity index (χ0) is 19.5. The lowest BCUT2D eigenvalue weighted by atomic mass is 9.98. The van der Waals surface area contributed by atoms with Crippen LogP contribution in [0.15, 0.2) is 54.2 Å². The lowest BCUT2D eigenvalue weighted by Crippen LogP contribution is -2.11. The largest absolute Gasteiger partial charge is 0.466 e. The molecule has 5 nitrogen and oxygen atoms in total. The number of carbonyl (C=O) groups excluding carboxylic acids is 2. The van der Waals surface area contributed by atoms with E-state index in [1.54, 1.807) is 0 Å². The minimum absolute atomic E-state index is 0.106. The second-order valence-electron chi connectivity index (χ2n) is 6.83. The van der Waals surface area contributed by atoms with Crippen molar-refractivity contribution in [2.45, 2.75) is 26.2 Å². The van der Waals surface area contributed by atoms with E-state index in [0.29, 0.717) is 18.6 Å². The summed E-state index contributed by atoms with van der Waals surface area (Å²) in [5, 5.41) is 6.31. The standard InChI is InChI=1S/C23H22N2O3/c1-2-28-21(26)9-5-6-15-10-12-19-17(14-15)22(23(27)25-19)20-13-11-16-7-3-4-8-18(16)24-20/h3-4,7-8,10-14,24H,2,5-6,9H2,1H3,(H,25,27)/b22-20-. The zero-order valence-electron chi connectivity index (χ0n) is 15.7. The second kappa shape index (κ2) is 7.72. The van der Waals surface area contributed by atoms with Crippen molar-refractivity contribution >= 4 is 34.9 Å². The van der Waals surface area contributed by atoms with Gasteiger partial charge in [0.1, 0.15) is 0 Å². The van der Waals surface area contributed by atoms with E-state index in [-0.39, 0.29) is 11.9 Å². The Morgan fingerprint density at radius 3 is 2.75 bits per heavy atom. The molecule has 28 heavy (non-hydrogen) atoms. The molecule has 142 valence electrons. The summed E-state index contributed by atoms with van der Waals surface area (Å²) in [7, 11) is 0. The van der Waals surface area contributed by atoms with Crippen LogP contribution in [0.2, 0.25) is 0 Å². The topological polar surface area (TPSA) is 67.4 Å². The minimum Gasteiger partial charge on any atom is -0.466 e. The van der Waals surface area contributed by atoms with E-state index in [9.17, 15) is 9.59 Å². The number of carbonyl (C=O) groups is 2. The number of anilines is 2. The molecule has 0 spiro atoms. The van der Waals surface area contributed by atoms with Gasteiger partial charge < -0.3 is 15.4 Å². The Morgan fingerprint density at radius 2 is 1.89 bits per heavy atom. The molecule has 2 aliphatic rings. The van der Waals surface area contributed by atoms with Gasteiger partial charge in [-0.05, 0) is 55.2 Å². The summed E-state index contributed by atoms with van der Waals surface area (Å²) >= 11 is 0. The van der Waals surface area contributed by atoms with Crippen LogP contribution in [0.1, 0.15) is 36.5 Å². The van der Waals surface area contributed by atoms with Crippen LogP contribution in [-0.4, -0.2) is 18.5 Å². The summed E-state index contributed by atoms with van der Waals surface area (Å²) in [5.74, 6) is -0.274. The summed E-state index contributed by atoms with van der Waals surface area (Å²) in [5.41, 5.74) is 6.32. The molecule has 0 unspecified atom stereocenters. The fourth-order valence-corrected chi connectivity index (χ4v) is 3.57. The first-order chi connectivity index (χ1) is 13.7. The predicted molar refractivity (Wildman–Crippen MR) is 111 cm³/mol. The maximum absolute atomic E-state index is 12.6. The third kappa shape index (κ3) is 3.56. The zero-order valence-corrected chi connectivity index (χ0v) is 15.7. The fourth-order valence-electron chi connectivity index (χ4n) is 3.57.